The highest BCUT2D eigenvalue weighted by molar-refractivity contribution is 14.0. The van der Waals surface area contributed by atoms with Crippen LogP contribution in [-0.4, -0.2) is 56.0 Å². The van der Waals surface area contributed by atoms with Crippen LogP contribution in [0.15, 0.2) is 53.5 Å². The summed E-state index contributed by atoms with van der Waals surface area (Å²) >= 11 is 0. The number of amides is 1. The molecule has 0 heterocycles. The molecule has 0 bridgehead atoms. The van der Waals surface area contributed by atoms with Crippen molar-refractivity contribution in [1.82, 2.24) is 15.1 Å². The third-order valence-electron chi connectivity index (χ3n) is 4.54. The molecule has 2 rings (SSSR count). The lowest BCUT2D eigenvalue weighted by atomic mass is 10.1. The van der Waals surface area contributed by atoms with Crippen LogP contribution in [0, 0.1) is 6.92 Å². The fourth-order valence-electron chi connectivity index (χ4n) is 2.76. The molecule has 1 amide bonds. The molecule has 0 aliphatic rings. The molecule has 0 fully saturated rings. The van der Waals surface area contributed by atoms with Crippen LogP contribution in [0.4, 0.5) is 0 Å². The van der Waals surface area contributed by atoms with Crippen molar-refractivity contribution in [3.63, 3.8) is 0 Å². The number of nitrogens with zero attached hydrogens (tertiary/aromatic N) is 3. The van der Waals surface area contributed by atoms with E-state index < -0.39 is 0 Å². The Morgan fingerprint density at radius 3 is 2.50 bits per heavy atom. The molecule has 0 aromatic heterocycles. The molecule has 0 atom stereocenters. The highest BCUT2D eigenvalue weighted by atomic mass is 127. The minimum atomic E-state index is -0.0688. The van der Waals surface area contributed by atoms with Crippen LogP contribution in [-0.2, 0) is 17.9 Å². The van der Waals surface area contributed by atoms with E-state index in [0.29, 0.717) is 12.3 Å². The fraction of sp³-hybridized carbons (Fsp3) is 0.391. The molecular weight excluding hydrogens is 491 g/mol. The van der Waals surface area contributed by atoms with E-state index in [1.54, 1.807) is 14.1 Å². The van der Waals surface area contributed by atoms with Gasteiger partial charge in [-0.05, 0) is 42.7 Å². The van der Waals surface area contributed by atoms with Crippen molar-refractivity contribution in [2.75, 3.05) is 34.3 Å². The summed E-state index contributed by atoms with van der Waals surface area (Å²) in [5.74, 6) is 1.46. The van der Waals surface area contributed by atoms with Gasteiger partial charge < -0.3 is 19.9 Å². The lowest BCUT2D eigenvalue weighted by Gasteiger charge is -2.23. The summed E-state index contributed by atoms with van der Waals surface area (Å²) in [6.45, 7) is 6.33. The van der Waals surface area contributed by atoms with Gasteiger partial charge in [0.05, 0.1) is 6.54 Å². The number of halogens is 1. The minimum Gasteiger partial charge on any atom is -0.484 e. The van der Waals surface area contributed by atoms with Crippen LogP contribution in [0.1, 0.15) is 23.6 Å². The van der Waals surface area contributed by atoms with Crippen molar-refractivity contribution >= 4 is 35.8 Å². The molecule has 6 nitrogen and oxygen atoms in total. The van der Waals surface area contributed by atoms with Gasteiger partial charge >= 0.3 is 0 Å². The van der Waals surface area contributed by atoms with E-state index in [2.05, 4.69) is 48.3 Å². The van der Waals surface area contributed by atoms with Crippen molar-refractivity contribution in [3.05, 3.63) is 65.2 Å². The summed E-state index contributed by atoms with van der Waals surface area (Å²) in [6, 6.07) is 16.1. The van der Waals surface area contributed by atoms with Gasteiger partial charge in [-0.15, -0.1) is 24.0 Å². The third kappa shape index (κ3) is 8.22. The maximum absolute atomic E-state index is 11.7. The van der Waals surface area contributed by atoms with Crippen molar-refractivity contribution < 1.29 is 9.53 Å². The van der Waals surface area contributed by atoms with E-state index in [4.69, 9.17) is 9.73 Å². The average Bonchev–Trinajstić information content (AvgIpc) is 2.71. The van der Waals surface area contributed by atoms with E-state index in [0.717, 1.165) is 24.6 Å². The monoisotopic (exact) mass is 524 g/mol. The number of aryl methyl sites for hydroxylation is 1. The Hall–Kier alpha value is -2.29. The second kappa shape index (κ2) is 13.1. The zero-order valence-electron chi connectivity index (χ0n) is 18.5. The third-order valence-corrected chi connectivity index (χ3v) is 4.54. The molecule has 0 spiro atoms. The zero-order chi connectivity index (χ0) is 21.2. The molecule has 7 heteroatoms. The van der Waals surface area contributed by atoms with Crippen molar-refractivity contribution in [2.45, 2.75) is 26.9 Å². The van der Waals surface area contributed by atoms with E-state index in [9.17, 15) is 4.79 Å². The topological polar surface area (TPSA) is 57.2 Å². The summed E-state index contributed by atoms with van der Waals surface area (Å²) in [7, 11) is 5.47. The fourth-order valence-corrected chi connectivity index (χ4v) is 2.76. The smallest absolute Gasteiger partial charge is 0.259 e. The maximum atomic E-state index is 11.7. The molecule has 0 saturated carbocycles. The summed E-state index contributed by atoms with van der Waals surface area (Å²) < 4.78 is 5.60. The van der Waals surface area contributed by atoms with Gasteiger partial charge in [0, 0.05) is 34.2 Å². The molecule has 0 radical (unpaired) electrons. The number of carbonyl (C=O) groups excluding carboxylic acids is 1. The largest absolute Gasteiger partial charge is 0.484 e. The van der Waals surface area contributed by atoms with E-state index in [-0.39, 0.29) is 36.5 Å². The lowest BCUT2D eigenvalue weighted by Crippen LogP contribution is -2.38. The summed E-state index contributed by atoms with van der Waals surface area (Å²) in [5.41, 5.74) is 3.58. The van der Waals surface area contributed by atoms with E-state index >= 15 is 0 Å². The first-order chi connectivity index (χ1) is 13.9. The zero-order valence-corrected chi connectivity index (χ0v) is 20.8. The maximum Gasteiger partial charge on any atom is 0.259 e. The normalized spacial score (nSPS) is 10.8. The number of likely N-dealkylation sites (N-methyl/N-ethyl adjacent to an activating group) is 1. The molecule has 1 N–H and O–H groups in total. The summed E-state index contributed by atoms with van der Waals surface area (Å²) in [4.78, 5) is 20.1. The number of nitrogens with one attached hydrogen (secondary N) is 1. The Labute approximate surface area is 197 Å². The van der Waals surface area contributed by atoms with Gasteiger partial charge in [-0.1, -0.05) is 36.4 Å². The second-order valence-electron chi connectivity index (χ2n) is 7.18. The number of hydrogen-bond donors (Lipinski definition) is 1. The first kappa shape index (κ1) is 25.7. The standard InChI is InChI=1S/C23H32N4O2.HI/c1-6-24-23(27(5)16-20-12-8-7-10-18(20)2)25-15-19-11-9-13-21(14-19)29-17-22(28)26(3)4;/h7-14H,6,15-17H2,1-5H3,(H,24,25);1H. The molecule has 0 aliphatic carbocycles. The number of benzene rings is 2. The van der Waals surface area contributed by atoms with Crippen molar-refractivity contribution in [2.24, 2.45) is 4.99 Å². The predicted octanol–water partition coefficient (Wildman–Crippen LogP) is 3.68. The molecule has 2 aromatic rings. The van der Waals surface area contributed by atoms with Crippen LogP contribution >= 0.6 is 24.0 Å². The molecule has 0 unspecified atom stereocenters. The highest BCUT2D eigenvalue weighted by Crippen LogP contribution is 2.15. The van der Waals surface area contributed by atoms with Gasteiger partial charge in [0.1, 0.15) is 5.75 Å². The lowest BCUT2D eigenvalue weighted by molar-refractivity contribution is -0.130. The van der Waals surface area contributed by atoms with Crippen LogP contribution in [0.5, 0.6) is 5.75 Å². The molecular formula is C23H33IN4O2. The molecule has 164 valence electrons. The van der Waals surface area contributed by atoms with Gasteiger partial charge in [0.2, 0.25) is 0 Å². The van der Waals surface area contributed by atoms with Gasteiger partial charge in [-0.25, -0.2) is 4.99 Å². The number of rotatable bonds is 8. The Morgan fingerprint density at radius 1 is 1.10 bits per heavy atom. The van der Waals surface area contributed by atoms with Gasteiger partial charge in [0.25, 0.3) is 5.91 Å². The molecule has 0 aliphatic heterocycles. The number of carbonyl (C=O) groups is 1. The van der Waals surface area contributed by atoms with E-state index in [1.165, 1.54) is 16.0 Å². The van der Waals surface area contributed by atoms with Crippen LogP contribution in [0.3, 0.4) is 0 Å². The Balaban J connectivity index is 0.00000450. The summed E-state index contributed by atoms with van der Waals surface area (Å²) in [6.07, 6.45) is 0. The quantitative estimate of drug-likeness (QED) is 0.325. The first-order valence-corrected chi connectivity index (χ1v) is 9.86. The minimum absolute atomic E-state index is 0. The van der Waals surface area contributed by atoms with E-state index in [1.807, 2.05) is 31.3 Å². The number of guanidine groups is 1. The van der Waals surface area contributed by atoms with Crippen molar-refractivity contribution in [3.8, 4) is 5.75 Å². The van der Waals surface area contributed by atoms with Crippen molar-refractivity contribution in [1.29, 1.82) is 0 Å². The number of aliphatic imine (C=N–C) groups is 1. The molecule has 2 aromatic carbocycles. The van der Waals surface area contributed by atoms with Crippen LogP contribution in [0.25, 0.3) is 0 Å². The SMILES string of the molecule is CCNC(=NCc1cccc(OCC(=O)N(C)C)c1)N(C)Cc1ccccc1C.I. The average molecular weight is 524 g/mol. The second-order valence-corrected chi connectivity index (χ2v) is 7.18. The molecule has 0 saturated heterocycles. The van der Waals surface area contributed by atoms with Gasteiger partial charge in [-0.2, -0.15) is 0 Å². The van der Waals surface area contributed by atoms with Crippen LogP contribution in [0.2, 0.25) is 0 Å². The summed E-state index contributed by atoms with van der Waals surface area (Å²) in [5, 5.41) is 3.35. The number of hydrogen-bond acceptors (Lipinski definition) is 3. The predicted molar refractivity (Wildman–Crippen MR) is 134 cm³/mol. The Kier molecular flexibility index (Phi) is 11.2. The Bertz CT molecular complexity index is 839. The van der Waals surface area contributed by atoms with Crippen LogP contribution < -0.4 is 10.1 Å². The van der Waals surface area contributed by atoms with Gasteiger partial charge in [0.15, 0.2) is 12.6 Å². The number of ether oxygens (including phenoxy) is 1. The first-order valence-electron chi connectivity index (χ1n) is 9.86. The van der Waals surface area contributed by atoms with Gasteiger partial charge in [-0.3, -0.25) is 4.79 Å². The molecule has 30 heavy (non-hydrogen) atoms. The highest BCUT2D eigenvalue weighted by Gasteiger charge is 2.09. The Morgan fingerprint density at radius 2 is 1.83 bits per heavy atom.